The number of hydrogen-bond acceptors (Lipinski definition) is 10. The molecule has 2 aromatic heterocycles. The lowest BCUT2D eigenvalue weighted by molar-refractivity contribution is 0.130. The molecule has 0 saturated carbocycles. The summed E-state index contributed by atoms with van der Waals surface area (Å²) < 4.78 is 3.56. The van der Waals surface area contributed by atoms with E-state index in [1.54, 1.807) is 9.36 Å². The van der Waals surface area contributed by atoms with E-state index < -0.39 is 0 Å². The molecule has 2 aromatic carbocycles. The van der Waals surface area contributed by atoms with Crippen LogP contribution >= 0.6 is 0 Å². The molecular formula is C24H36N8O4. The fraction of sp³-hybridized carbons (Fsp3) is 0.500. The van der Waals surface area contributed by atoms with Gasteiger partial charge in [0.05, 0.1) is 50.8 Å². The van der Waals surface area contributed by atoms with Crippen molar-refractivity contribution >= 4 is 22.1 Å². The second-order valence-electron chi connectivity index (χ2n) is 8.53. The molecule has 0 aliphatic carbocycles. The third-order valence-electron chi connectivity index (χ3n) is 5.75. The van der Waals surface area contributed by atoms with E-state index in [1.807, 2.05) is 60.0 Å². The monoisotopic (exact) mass is 500 g/mol. The maximum atomic E-state index is 8.98. The number of rotatable bonds is 12. The molecular weight excluding hydrogens is 464 g/mol. The Morgan fingerprint density at radius 1 is 0.694 bits per heavy atom. The van der Waals surface area contributed by atoms with Crippen molar-refractivity contribution in [2.45, 2.75) is 27.2 Å². The Labute approximate surface area is 210 Å². The topological polar surface area (TPSA) is 149 Å². The summed E-state index contributed by atoms with van der Waals surface area (Å²) in [4.78, 5) is 3.85. The quantitative estimate of drug-likeness (QED) is 0.209. The van der Waals surface area contributed by atoms with Gasteiger partial charge in [0.2, 0.25) is 0 Å². The van der Waals surface area contributed by atoms with E-state index in [2.05, 4.69) is 20.6 Å². The summed E-state index contributed by atoms with van der Waals surface area (Å²) in [5, 5.41) is 52.4. The molecule has 0 aliphatic rings. The maximum absolute atomic E-state index is 8.98. The molecule has 4 N–H and O–H groups in total. The van der Waals surface area contributed by atoms with Gasteiger partial charge in [-0.1, -0.05) is 28.6 Å². The van der Waals surface area contributed by atoms with Gasteiger partial charge < -0.3 is 20.4 Å². The molecule has 4 rings (SSSR count). The molecule has 0 bridgehead atoms. The summed E-state index contributed by atoms with van der Waals surface area (Å²) in [6, 6.07) is 11.9. The average molecular weight is 501 g/mol. The van der Waals surface area contributed by atoms with Gasteiger partial charge in [0.25, 0.3) is 0 Å². The summed E-state index contributed by atoms with van der Waals surface area (Å²) >= 11 is 0. The van der Waals surface area contributed by atoms with E-state index in [1.165, 1.54) is 0 Å². The Bertz CT molecular complexity index is 1200. The highest BCUT2D eigenvalue weighted by Gasteiger charge is 2.11. The van der Waals surface area contributed by atoms with E-state index >= 15 is 0 Å². The Hall–Kier alpha value is -3.00. The second kappa shape index (κ2) is 13.9. The van der Waals surface area contributed by atoms with Gasteiger partial charge in [0, 0.05) is 26.2 Å². The molecule has 0 fully saturated rings. The van der Waals surface area contributed by atoms with Crippen LogP contribution in [0.4, 0.5) is 0 Å². The van der Waals surface area contributed by atoms with E-state index in [0.717, 1.165) is 33.2 Å². The van der Waals surface area contributed by atoms with Crippen molar-refractivity contribution in [3.05, 3.63) is 47.5 Å². The predicted molar refractivity (Wildman–Crippen MR) is 136 cm³/mol. The number of benzene rings is 2. The number of aliphatic hydroxyl groups is 4. The van der Waals surface area contributed by atoms with Gasteiger partial charge in [-0.15, -0.1) is 10.2 Å². The third-order valence-corrected chi connectivity index (χ3v) is 5.75. The fourth-order valence-electron chi connectivity index (χ4n) is 3.87. The Kier molecular flexibility index (Phi) is 10.7. The summed E-state index contributed by atoms with van der Waals surface area (Å²) in [5.74, 6) is 0. The van der Waals surface area contributed by atoms with E-state index in [0.29, 0.717) is 39.5 Å². The van der Waals surface area contributed by atoms with Crippen LogP contribution in [0.1, 0.15) is 11.1 Å². The zero-order valence-electron chi connectivity index (χ0n) is 20.9. The number of fused-ring (bicyclic) bond motifs is 2. The van der Waals surface area contributed by atoms with Gasteiger partial charge in [0.15, 0.2) is 0 Å². The minimum atomic E-state index is 0.0612. The number of hydrogen-bond donors (Lipinski definition) is 4. The first-order valence-electron chi connectivity index (χ1n) is 12.0. The normalized spacial score (nSPS) is 11.6. The molecule has 0 unspecified atom stereocenters. The number of aryl methyl sites for hydroxylation is 2. The van der Waals surface area contributed by atoms with Crippen molar-refractivity contribution in [2.75, 3.05) is 52.6 Å². The predicted octanol–water partition coefficient (Wildman–Crippen LogP) is -0.0324. The molecule has 12 nitrogen and oxygen atoms in total. The van der Waals surface area contributed by atoms with Crippen molar-refractivity contribution in [2.24, 2.45) is 0 Å². The molecule has 196 valence electrons. The number of aliphatic hydroxyl groups excluding tert-OH is 4. The second-order valence-corrected chi connectivity index (χ2v) is 8.53. The van der Waals surface area contributed by atoms with E-state index in [4.69, 9.17) is 20.4 Å². The van der Waals surface area contributed by atoms with E-state index in [-0.39, 0.29) is 26.4 Å². The molecule has 0 radical (unpaired) electrons. The molecule has 0 spiro atoms. The average Bonchev–Trinajstić information content (AvgIpc) is 3.45. The van der Waals surface area contributed by atoms with Crippen LogP contribution in [0.2, 0.25) is 0 Å². The zero-order chi connectivity index (χ0) is 25.9. The molecule has 4 aromatic rings. The highest BCUT2D eigenvalue weighted by molar-refractivity contribution is 5.77. The van der Waals surface area contributed by atoms with E-state index in [9.17, 15) is 0 Å². The van der Waals surface area contributed by atoms with Gasteiger partial charge in [-0.3, -0.25) is 9.80 Å². The van der Waals surface area contributed by atoms with Gasteiger partial charge >= 0.3 is 0 Å². The highest BCUT2D eigenvalue weighted by atomic mass is 16.3. The molecule has 0 atom stereocenters. The molecule has 0 aliphatic heterocycles. The first-order valence-corrected chi connectivity index (χ1v) is 12.0. The van der Waals surface area contributed by atoms with Gasteiger partial charge in [-0.2, -0.15) is 0 Å². The van der Waals surface area contributed by atoms with Crippen LogP contribution in [0.15, 0.2) is 36.4 Å². The van der Waals surface area contributed by atoms with Crippen LogP contribution in [-0.4, -0.2) is 113 Å². The minimum absolute atomic E-state index is 0.0612. The van der Waals surface area contributed by atoms with Crippen LogP contribution < -0.4 is 0 Å². The largest absolute Gasteiger partial charge is 0.395 e. The summed E-state index contributed by atoms with van der Waals surface area (Å²) in [6.07, 6.45) is 0. The first-order chi connectivity index (χ1) is 17.5. The van der Waals surface area contributed by atoms with Crippen LogP contribution in [0.5, 0.6) is 0 Å². The van der Waals surface area contributed by atoms with Crippen LogP contribution in [0.25, 0.3) is 22.1 Å². The number of aromatic nitrogens is 6. The van der Waals surface area contributed by atoms with Crippen LogP contribution in [0, 0.1) is 13.8 Å². The molecule has 2 heterocycles. The zero-order valence-corrected chi connectivity index (χ0v) is 20.9. The van der Waals surface area contributed by atoms with Crippen molar-refractivity contribution < 1.29 is 20.4 Å². The van der Waals surface area contributed by atoms with Crippen molar-refractivity contribution in [3.63, 3.8) is 0 Å². The lowest BCUT2D eigenvalue weighted by Gasteiger charge is -2.19. The lowest BCUT2D eigenvalue weighted by atomic mass is 10.2. The van der Waals surface area contributed by atoms with Crippen molar-refractivity contribution in [1.82, 2.24) is 39.8 Å². The molecule has 12 heteroatoms. The summed E-state index contributed by atoms with van der Waals surface area (Å²) in [5.41, 5.74) is 5.93. The van der Waals surface area contributed by atoms with Crippen molar-refractivity contribution in [1.29, 1.82) is 0 Å². The third kappa shape index (κ3) is 7.26. The standard InChI is InChI=1S/2C12H18N4O2/c1-10-2-3-12-11(8-10)13-14-16(12)9-15(4-6-17)5-7-18;1-10-3-2-4-11-12(10)13-14-16(11)9-15(5-7-17)6-8-18/h2-3,8,17-18H,4-7,9H2,1H3;2-4,17-18H,5-9H2,1H3. The highest BCUT2D eigenvalue weighted by Crippen LogP contribution is 2.15. The SMILES string of the molecule is Cc1ccc2c(c1)nnn2CN(CCO)CCO.Cc1cccc2c1nnn2CN(CCO)CCO. The van der Waals surface area contributed by atoms with Crippen LogP contribution in [0.3, 0.4) is 0 Å². The maximum Gasteiger partial charge on any atom is 0.116 e. The van der Waals surface area contributed by atoms with Crippen molar-refractivity contribution in [3.8, 4) is 0 Å². The minimum Gasteiger partial charge on any atom is -0.395 e. The first kappa shape index (κ1) is 27.6. The molecule has 36 heavy (non-hydrogen) atoms. The summed E-state index contributed by atoms with van der Waals surface area (Å²) in [6.45, 7) is 7.32. The Balaban J connectivity index is 0.000000201. The fourth-order valence-corrected chi connectivity index (χ4v) is 3.87. The van der Waals surface area contributed by atoms with Gasteiger partial charge in [-0.25, -0.2) is 9.36 Å². The Morgan fingerprint density at radius 3 is 1.83 bits per heavy atom. The number of nitrogens with zero attached hydrogens (tertiary/aromatic N) is 8. The molecule has 0 amide bonds. The smallest absolute Gasteiger partial charge is 0.116 e. The lowest BCUT2D eigenvalue weighted by Crippen LogP contribution is -2.32. The van der Waals surface area contributed by atoms with Crippen LogP contribution in [-0.2, 0) is 13.3 Å². The summed E-state index contributed by atoms with van der Waals surface area (Å²) in [7, 11) is 0. The van der Waals surface area contributed by atoms with Gasteiger partial charge in [0.1, 0.15) is 11.0 Å². The Morgan fingerprint density at radius 2 is 1.25 bits per heavy atom. The van der Waals surface area contributed by atoms with Gasteiger partial charge in [-0.05, 0) is 43.2 Å². The molecule has 0 saturated heterocycles.